The maximum Gasteiger partial charge on any atom is 0.159 e. The Hall–Kier alpha value is -1.70. The highest BCUT2D eigenvalue weighted by Crippen LogP contribution is 2.36. The summed E-state index contributed by atoms with van der Waals surface area (Å²) >= 11 is 0. The zero-order chi connectivity index (χ0) is 14.0. The van der Waals surface area contributed by atoms with Crippen molar-refractivity contribution in [2.45, 2.75) is 27.2 Å². The lowest BCUT2D eigenvalue weighted by Crippen LogP contribution is -2.05. The van der Waals surface area contributed by atoms with Crippen molar-refractivity contribution in [1.29, 1.82) is 0 Å². The fraction of sp³-hybridized carbons (Fsp3) is 0.294. The molecule has 19 heavy (non-hydrogen) atoms. The largest absolute Gasteiger partial charge is 0.295 e. The second kappa shape index (κ2) is 5.52. The van der Waals surface area contributed by atoms with Crippen LogP contribution in [0.5, 0.6) is 0 Å². The lowest BCUT2D eigenvalue weighted by atomic mass is 9.85. The third-order valence-electron chi connectivity index (χ3n) is 3.36. The first-order chi connectivity index (χ1) is 9.00. The van der Waals surface area contributed by atoms with Crippen molar-refractivity contribution in [2.75, 3.05) is 0 Å². The van der Waals surface area contributed by atoms with Gasteiger partial charge in [-0.25, -0.2) is 4.39 Å². The van der Waals surface area contributed by atoms with Crippen LogP contribution in [-0.2, 0) is 0 Å². The van der Waals surface area contributed by atoms with Crippen molar-refractivity contribution in [2.24, 2.45) is 5.92 Å². The predicted octanol–water partition coefficient (Wildman–Crippen LogP) is 4.76. The third kappa shape index (κ3) is 2.83. The van der Waals surface area contributed by atoms with Gasteiger partial charge in [0, 0.05) is 11.1 Å². The van der Waals surface area contributed by atoms with Gasteiger partial charge in [0.2, 0.25) is 0 Å². The Morgan fingerprint density at radius 1 is 1.21 bits per heavy atom. The molecule has 2 rings (SSSR count). The summed E-state index contributed by atoms with van der Waals surface area (Å²) < 4.78 is 14.1. The average Bonchev–Trinajstić information content (AvgIpc) is 2.38. The first-order valence-corrected chi connectivity index (χ1v) is 6.55. The van der Waals surface area contributed by atoms with Crippen LogP contribution in [0.2, 0.25) is 0 Å². The minimum Gasteiger partial charge on any atom is -0.295 e. The average molecular weight is 257 g/mol. The number of benzene rings is 1. The highest BCUT2D eigenvalue weighted by Gasteiger charge is 2.20. The third-order valence-corrected chi connectivity index (χ3v) is 3.36. The van der Waals surface area contributed by atoms with Gasteiger partial charge in [-0.2, -0.15) is 0 Å². The van der Waals surface area contributed by atoms with Crippen molar-refractivity contribution >= 4 is 11.4 Å². The molecule has 0 aliphatic heterocycles. The van der Waals surface area contributed by atoms with Crippen LogP contribution < -0.4 is 0 Å². The zero-order valence-electron chi connectivity index (χ0n) is 11.5. The topological polar surface area (TPSA) is 17.1 Å². The number of halogens is 1. The number of allylic oxidation sites excluding steroid dienone is 4. The molecule has 0 fully saturated rings. The predicted molar refractivity (Wildman–Crippen MR) is 76.3 cm³/mol. The molecule has 0 N–H and O–H groups in total. The smallest absolute Gasteiger partial charge is 0.159 e. The van der Waals surface area contributed by atoms with E-state index in [1.165, 1.54) is 6.92 Å². The van der Waals surface area contributed by atoms with Crippen LogP contribution in [0.1, 0.15) is 43.1 Å². The van der Waals surface area contributed by atoms with Gasteiger partial charge >= 0.3 is 0 Å². The van der Waals surface area contributed by atoms with Crippen LogP contribution in [0.4, 0.5) is 4.39 Å². The van der Waals surface area contributed by atoms with Gasteiger partial charge in [-0.05, 0) is 37.3 Å². The Kier molecular flexibility index (Phi) is 3.98. The van der Waals surface area contributed by atoms with Gasteiger partial charge in [-0.3, -0.25) is 4.79 Å². The van der Waals surface area contributed by atoms with E-state index in [0.717, 1.165) is 11.1 Å². The summed E-state index contributed by atoms with van der Waals surface area (Å²) in [6.45, 7) is 5.66. The number of Topliss-reactive ketones (excluding diaryl/α,β-unsaturated/α-hetero) is 1. The van der Waals surface area contributed by atoms with E-state index in [9.17, 15) is 9.18 Å². The van der Waals surface area contributed by atoms with Gasteiger partial charge in [-0.1, -0.05) is 43.7 Å². The maximum absolute atomic E-state index is 14.1. The summed E-state index contributed by atoms with van der Waals surface area (Å²) in [5.41, 5.74) is 3.19. The monoisotopic (exact) mass is 257 g/mol. The van der Waals surface area contributed by atoms with Crippen LogP contribution in [0, 0.1) is 12.3 Å². The molecule has 1 radical (unpaired) electrons. The highest BCUT2D eigenvalue weighted by atomic mass is 19.1. The van der Waals surface area contributed by atoms with Crippen molar-refractivity contribution in [3.05, 3.63) is 59.3 Å². The molecule has 1 aromatic rings. The molecule has 0 aromatic heterocycles. The second-order valence-electron chi connectivity index (χ2n) is 5.11. The van der Waals surface area contributed by atoms with E-state index < -0.39 is 0 Å². The maximum atomic E-state index is 14.1. The summed E-state index contributed by atoms with van der Waals surface area (Å²) in [5.74, 6) is 0.138. The SMILES string of the molecule is CC(=O)c1ccc(C2=C(C(C)C)[CH]CC=C2F)cc1. The zero-order valence-corrected chi connectivity index (χ0v) is 11.5. The van der Waals surface area contributed by atoms with Crippen LogP contribution in [0.25, 0.3) is 5.57 Å². The van der Waals surface area contributed by atoms with Gasteiger partial charge in [0.1, 0.15) is 5.83 Å². The molecule has 1 aromatic carbocycles. The molecular weight excluding hydrogens is 239 g/mol. The lowest BCUT2D eigenvalue weighted by Gasteiger charge is -2.21. The van der Waals surface area contributed by atoms with Crippen LogP contribution in [0.15, 0.2) is 41.7 Å². The molecule has 0 atom stereocenters. The number of carbonyl (C=O) groups is 1. The van der Waals surface area contributed by atoms with E-state index in [1.54, 1.807) is 18.2 Å². The van der Waals surface area contributed by atoms with Crippen molar-refractivity contribution in [3.8, 4) is 0 Å². The Balaban J connectivity index is 2.48. The van der Waals surface area contributed by atoms with Crippen LogP contribution in [0.3, 0.4) is 0 Å². The lowest BCUT2D eigenvalue weighted by molar-refractivity contribution is 0.101. The van der Waals surface area contributed by atoms with Crippen LogP contribution >= 0.6 is 0 Å². The van der Waals surface area contributed by atoms with Gasteiger partial charge in [0.25, 0.3) is 0 Å². The first kappa shape index (κ1) is 13.7. The minimum atomic E-state index is -0.165. The van der Waals surface area contributed by atoms with E-state index >= 15 is 0 Å². The minimum absolute atomic E-state index is 0.0239. The summed E-state index contributed by atoms with van der Waals surface area (Å²) in [6, 6.07) is 7.15. The molecule has 0 saturated heterocycles. The van der Waals surface area contributed by atoms with E-state index in [2.05, 4.69) is 20.3 Å². The molecule has 0 bridgehead atoms. The highest BCUT2D eigenvalue weighted by molar-refractivity contribution is 5.94. The summed E-state index contributed by atoms with van der Waals surface area (Å²) in [7, 11) is 0. The number of hydrogen-bond donors (Lipinski definition) is 0. The van der Waals surface area contributed by atoms with Crippen molar-refractivity contribution in [1.82, 2.24) is 0 Å². The summed E-state index contributed by atoms with van der Waals surface area (Å²) in [5, 5.41) is 0. The van der Waals surface area contributed by atoms with E-state index in [4.69, 9.17) is 0 Å². The van der Waals surface area contributed by atoms with Crippen molar-refractivity contribution in [3.63, 3.8) is 0 Å². The molecule has 0 spiro atoms. The Bertz CT molecular complexity index is 547. The van der Waals surface area contributed by atoms with Crippen molar-refractivity contribution < 1.29 is 9.18 Å². The molecule has 1 aliphatic rings. The Labute approximate surface area is 113 Å². The fourth-order valence-electron chi connectivity index (χ4n) is 2.33. The van der Waals surface area contributed by atoms with Gasteiger partial charge in [0.15, 0.2) is 5.78 Å². The fourth-order valence-corrected chi connectivity index (χ4v) is 2.33. The van der Waals surface area contributed by atoms with E-state index in [1.807, 2.05) is 12.1 Å². The standard InChI is InChI=1S/C17H18FO/c1-11(2)15-5-4-6-16(18)17(15)14-9-7-13(8-10-14)12(3)19/h5-11H,4H2,1-3H3. The molecule has 1 aliphatic carbocycles. The number of rotatable bonds is 3. The molecule has 0 saturated carbocycles. The molecule has 0 amide bonds. The molecule has 1 nitrogen and oxygen atoms in total. The van der Waals surface area contributed by atoms with Gasteiger partial charge in [0.05, 0.1) is 0 Å². The number of carbonyl (C=O) groups excluding carboxylic acids is 1. The first-order valence-electron chi connectivity index (χ1n) is 6.55. The number of hydrogen-bond acceptors (Lipinski definition) is 1. The van der Waals surface area contributed by atoms with Gasteiger partial charge in [-0.15, -0.1) is 0 Å². The molecular formula is C17H18FO. The molecule has 99 valence electrons. The Morgan fingerprint density at radius 3 is 2.37 bits per heavy atom. The van der Waals surface area contributed by atoms with Crippen LogP contribution in [-0.4, -0.2) is 5.78 Å². The van der Waals surface area contributed by atoms with Gasteiger partial charge < -0.3 is 0 Å². The van der Waals surface area contributed by atoms with E-state index in [-0.39, 0.29) is 17.5 Å². The number of ketones is 1. The summed E-state index contributed by atoms with van der Waals surface area (Å²) in [4.78, 5) is 11.3. The Morgan fingerprint density at radius 2 is 1.84 bits per heavy atom. The summed E-state index contributed by atoms with van der Waals surface area (Å²) in [6.07, 6.45) is 4.32. The molecule has 0 unspecified atom stereocenters. The second-order valence-corrected chi connectivity index (χ2v) is 5.11. The molecule has 2 heteroatoms. The van der Waals surface area contributed by atoms with E-state index in [0.29, 0.717) is 17.6 Å². The molecule has 0 heterocycles. The normalized spacial score (nSPS) is 15.7. The quantitative estimate of drug-likeness (QED) is 0.713.